The van der Waals surface area contributed by atoms with Gasteiger partial charge in [-0.3, -0.25) is 4.79 Å². The predicted octanol–water partition coefficient (Wildman–Crippen LogP) is 5.62. The largest absolute Gasteiger partial charge is 0.504 e. The number of benzene rings is 1. The molecule has 0 bridgehead atoms. The molecule has 0 amide bonds. The highest BCUT2D eigenvalue weighted by Gasteiger charge is 2.22. The fourth-order valence-electron chi connectivity index (χ4n) is 4.71. The maximum absolute atomic E-state index is 14.9. The van der Waals surface area contributed by atoms with E-state index in [1.54, 1.807) is 13.2 Å². The maximum atomic E-state index is 14.9. The summed E-state index contributed by atoms with van der Waals surface area (Å²) < 4.78 is 22.1. The SMILES string of the molecule is CO/C=C/c1cn(C2CCCC2)c2cc(NC3CCCCC3)c(F)cc2c1=O. The summed E-state index contributed by atoms with van der Waals surface area (Å²) in [7, 11) is 1.55. The third-order valence-corrected chi connectivity index (χ3v) is 6.22. The van der Waals surface area contributed by atoms with Gasteiger partial charge in [0.2, 0.25) is 0 Å². The van der Waals surface area contributed by atoms with Crippen LogP contribution in [0.2, 0.25) is 0 Å². The zero-order chi connectivity index (χ0) is 19.5. The van der Waals surface area contributed by atoms with Gasteiger partial charge in [0.15, 0.2) is 5.43 Å². The minimum absolute atomic E-state index is 0.152. The Morgan fingerprint density at radius 3 is 2.54 bits per heavy atom. The first kappa shape index (κ1) is 19.0. The number of rotatable bonds is 5. The molecule has 5 heteroatoms. The number of methoxy groups -OCH3 is 1. The number of pyridine rings is 1. The van der Waals surface area contributed by atoms with Crippen molar-refractivity contribution in [2.75, 3.05) is 12.4 Å². The van der Waals surface area contributed by atoms with Crippen molar-refractivity contribution >= 4 is 22.7 Å². The van der Waals surface area contributed by atoms with Crippen LogP contribution in [-0.4, -0.2) is 17.7 Å². The van der Waals surface area contributed by atoms with Crippen LogP contribution >= 0.6 is 0 Å². The minimum Gasteiger partial charge on any atom is -0.504 e. The lowest BCUT2D eigenvalue weighted by atomic mass is 9.95. The van der Waals surface area contributed by atoms with Gasteiger partial charge in [0.25, 0.3) is 0 Å². The molecule has 0 unspecified atom stereocenters. The van der Waals surface area contributed by atoms with Crippen molar-refractivity contribution in [2.45, 2.75) is 69.9 Å². The van der Waals surface area contributed by atoms with Gasteiger partial charge in [-0.15, -0.1) is 0 Å². The lowest BCUT2D eigenvalue weighted by Crippen LogP contribution is -2.23. The van der Waals surface area contributed by atoms with E-state index in [1.807, 2.05) is 12.3 Å². The Bertz CT molecular complexity index is 922. The number of hydrogen-bond acceptors (Lipinski definition) is 3. The third kappa shape index (κ3) is 3.80. The van der Waals surface area contributed by atoms with Gasteiger partial charge >= 0.3 is 0 Å². The molecule has 1 aromatic heterocycles. The molecule has 0 atom stereocenters. The van der Waals surface area contributed by atoms with Crippen molar-refractivity contribution in [1.82, 2.24) is 4.57 Å². The Kier molecular flexibility index (Phi) is 5.69. The van der Waals surface area contributed by atoms with Crippen LogP contribution in [0.1, 0.15) is 69.4 Å². The molecule has 150 valence electrons. The Morgan fingerprint density at radius 2 is 1.82 bits per heavy atom. The number of ether oxygens (including phenoxy) is 1. The van der Waals surface area contributed by atoms with E-state index in [1.165, 1.54) is 44.4 Å². The number of fused-ring (bicyclic) bond motifs is 1. The summed E-state index contributed by atoms with van der Waals surface area (Å²) in [6.45, 7) is 0. The summed E-state index contributed by atoms with van der Waals surface area (Å²) in [4.78, 5) is 12.9. The average Bonchev–Trinajstić information content (AvgIpc) is 3.24. The molecule has 0 spiro atoms. The molecule has 0 saturated heterocycles. The predicted molar refractivity (Wildman–Crippen MR) is 112 cm³/mol. The zero-order valence-corrected chi connectivity index (χ0v) is 16.5. The molecule has 2 saturated carbocycles. The summed E-state index contributed by atoms with van der Waals surface area (Å²) in [6, 6.07) is 3.93. The van der Waals surface area contributed by atoms with Crippen molar-refractivity contribution in [3.8, 4) is 0 Å². The number of nitrogens with one attached hydrogen (secondary N) is 1. The van der Waals surface area contributed by atoms with E-state index < -0.39 is 0 Å². The number of anilines is 1. The molecular weight excluding hydrogens is 355 g/mol. The molecule has 2 fully saturated rings. The van der Waals surface area contributed by atoms with E-state index in [-0.39, 0.29) is 11.2 Å². The normalized spacial score (nSPS) is 18.9. The molecule has 1 aromatic carbocycles. The third-order valence-electron chi connectivity index (χ3n) is 6.22. The van der Waals surface area contributed by atoms with Crippen LogP contribution in [-0.2, 0) is 4.74 Å². The van der Waals surface area contributed by atoms with Crippen LogP contribution in [0.15, 0.2) is 29.4 Å². The second kappa shape index (κ2) is 8.38. The van der Waals surface area contributed by atoms with Gasteiger partial charge in [-0.05, 0) is 43.9 Å². The molecule has 2 aromatic rings. The van der Waals surface area contributed by atoms with Crippen molar-refractivity contribution in [2.24, 2.45) is 0 Å². The highest BCUT2D eigenvalue weighted by molar-refractivity contribution is 5.85. The fraction of sp³-hybridized carbons (Fsp3) is 0.522. The van der Waals surface area contributed by atoms with Crippen LogP contribution in [0.25, 0.3) is 17.0 Å². The highest BCUT2D eigenvalue weighted by atomic mass is 19.1. The van der Waals surface area contributed by atoms with E-state index in [0.29, 0.717) is 28.7 Å². The molecule has 1 N–H and O–H groups in total. The monoisotopic (exact) mass is 384 g/mol. The van der Waals surface area contributed by atoms with Crippen LogP contribution in [0.3, 0.4) is 0 Å². The van der Waals surface area contributed by atoms with Crippen LogP contribution < -0.4 is 10.7 Å². The number of hydrogen-bond donors (Lipinski definition) is 1. The standard InChI is InChI=1S/C23H29FN2O2/c1-28-12-11-16-15-26(18-9-5-6-10-18)22-14-21(20(24)13-19(22)23(16)27)25-17-7-3-2-4-8-17/h11-15,17-18,25H,2-10H2,1H3/b12-11+. The Hall–Kier alpha value is -2.30. The molecule has 4 nitrogen and oxygen atoms in total. The molecule has 0 aliphatic heterocycles. The highest BCUT2D eigenvalue weighted by Crippen LogP contribution is 2.34. The maximum Gasteiger partial charge on any atom is 0.196 e. The van der Waals surface area contributed by atoms with Crippen molar-refractivity contribution in [3.05, 3.63) is 46.2 Å². The van der Waals surface area contributed by atoms with Crippen LogP contribution in [0.4, 0.5) is 10.1 Å². The second-order valence-corrected chi connectivity index (χ2v) is 8.13. The first-order valence-corrected chi connectivity index (χ1v) is 10.5. The minimum atomic E-state index is -0.346. The Labute approximate surface area is 165 Å². The molecule has 28 heavy (non-hydrogen) atoms. The van der Waals surface area contributed by atoms with Gasteiger partial charge in [-0.1, -0.05) is 32.1 Å². The smallest absolute Gasteiger partial charge is 0.196 e. The van der Waals surface area contributed by atoms with Gasteiger partial charge in [0.1, 0.15) is 5.82 Å². The van der Waals surface area contributed by atoms with Gasteiger partial charge in [-0.2, -0.15) is 0 Å². The molecule has 2 aliphatic rings. The van der Waals surface area contributed by atoms with Gasteiger partial charge in [0.05, 0.1) is 24.6 Å². The van der Waals surface area contributed by atoms with E-state index >= 15 is 0 Å². The van der Waals surface area contributed by atoms with Crippen molar-refractivity contribution in [1.29, 1.82) is 0 Å². The zero-order valence-electron chi connectivity index (χ0n) is 16.5. The van der Waals surface area contributed by atoms with E-state index in [0.717, 1.165) is 31.2 Å². The van der Waals surface area contributed by atoms with Crippen LogP contribution in [0.5, 0.6) is 0 Å². The van der Waals surface area contributed by atoms with Gasteiger partial charge < -0.3 is 14.6 Å². The van der Waals surface area contributed by atoms with Crippen LogP contribution in [0, 0.1) is 5.82 Å². The topological polar surface area (TPSA) is 43.3 Å². The molecule has 4 rings (SSSR count). The molecular formula is C23H29FN2O2. The quantitative estimate of drug-likeness (QED) is 0.681. The summed E-state index contributed by atoms with van der Waals surface area (Å²) in [5, 5.41) is 3.84. The molecule has 2 aliphatic carbocycles. The lowest BCUT2D eigenvalue weighted by Gasteiger charge is -2.25. The van der Waals surface area contributed by atoms with E-state index in [2.05, 4.69) is 9.88 Å². The summed E-state index contributed by atoms with van der Waals surface area (Å²) in [6.07, 6.45) is 15.4. The van der Waals surface area contributed by atoms with Gasteiger partial charge in [-0.25, -0.2) is 4.39 Å². The van der Waals surface area contributed by atoms with Crippen molar-refractivity contribution < 1.29 is 9.13 Å². The first-order valence-electron chi connectivity index (χ1n) is 10.5. The number of halogens is 1. The van der Waals surface area contributed by atoms with Gasteiger partial charge in [0, 0.05) is 29.2 Å². The number of nitrogens with zero attached hydrogens (tertiary/aromatic N) is 1. The summed E-state index contributed by atoms with van der Waals surface area (Å²) in [5.41, 5.74) is 1.73. The number of aromatic nitrogens is 1. The summed E-state index contributed by atoms with van der Waals surface area (Å²) >= 11 is 0. The summed E-state index contributed by atoms with van der Waals surface area (Å²) in [5.74, 6) is -0.346. The average molecular weight is 384 g/mol. The fourth-order valence-corrected chi connectivity index (χ4v) is 4.71. The molecule has 1 heterocycles. The lowest BCUT2D eigenvalue weighted by molar-refractivity contribution is 0.341. The second-order valence-electron chi connectivity index (χ2n) is 8.13. The Balaban J connectivity index is 1.82. The Morgan fingerprint density at radius 1 is 1.11 bits per heavy atom. The first-order chi connectivity index (χ1) is 13.7. The van der Waals surface area contributed by atoms with Crippen molar-refractivity contribution in [3.63, 3.8) is 0 Å². The molecule has 0 radical (unpaired) electrons. The van der Waals surface area contributed by atoms with E-state index in [4.69, 9.17) is 4.74 Å². The van der Waals surface area contributed by atoms with E-state index in [9.17, 15) is 9.18 Å².